The van der Waals surface area contributed by atoms with E-state index in [4.69, 9.17) is 16.3 Å². The number of carbonyl (C=O) groups is 1. The third-order valence-electron chi connectivity index (χ3n) is 3.37. The summed E-state index contributed by atoms with van der Waals surface area (Å²) in [6.45, 7) is 0.640. The first-order valence-electron chi connectivity index (χ1n) is 7.52. The van der Waals surface area contributed by atoms with Crippen LogP contribution < -0.4 is 10.1 Å². The molecule has 4 heteroatoms. The standard InChI is InChI=1S/C19H20ClNO2/c1-23-18-6-2-4-16(14-18)5-3-13-21-19(22)12-9-15-7-10-17(20)11-8-15/h2,4,6-12,14H,3,5,13H2,1H3,(H,21,22)/b12-9+. The van der Waals surface area contributed by atoms with E-state index in [2.05, 4.69) is 11.4 Å². The second-order valence-electron chi connectivity index (χ2n) is 5.13. The molecule has 0 saturated heterocycles. The van der Waals surface area contributed by atoms with Crippen molar-refractivity contribution in [2.45, 2.75) is 12.8 Å². The Hall–Kier alpha value is -2.26. The number of hydrogen-bond donors (Lipinski definition) is 1. The predicted molar refractivity (Wildman–Crippen MR) is 94.8 cm³/mol. The number of halogens is 1. The van der Waals surface area contributed by atoms with Crippen LogP contribution in [0.4, 0.5) is 0 Å². The molecule has 2 aromatic rings. The Morgan fingerprint density at radius 1 is 1.22 bits per heavy atom. The molecule has 0 unspecified atom stereocenters. The van der Waals surface area contributed by atoms with Crippen molar-refractivity contribution in [2.24, 2.45) is 0 Å². The van der Waals surface area contributed by atoms with Crippen molar-refractivity contribution >= 4 is 23.6 Å². The third kappa shape index (κ3) is 6.17. The smallest absolute Gasteiger partial charge is 0.243 e. The monoisotopic (exact) mass is 329 g/mol. The Kier molecular flexibility index (Phi) is 6.70. The molecule has 0 fully saturated rings. The van der Waals surface area contributed by atoms with Crippen LogP contribution in [0.2, 0.25) is 5.02 Å². The molecule has 1 amide bonds. The molecule has 1 N–H and O–H groups in total. The molecule has 3 nitrogen and oxygen atoms in total. The molecule has 0 heterocycles. The number of methoxy groups -OCH3 is 1. The molecule has 0 atom stereocenters. The van der Waals surface area contributed by atoms with Crippen LogP contribution in [0.25, 0.3) is 6.08 Å². The minimum absolute atomic E-state index is 0.0920. The molecule has 23 heavy (non-hydrogen) atoms. The van der Waals surface area contributed by atoms with Crippen LogP contribution in [0.1, 0.15) is 17.5 Å². The minimum atomic E-state index is -0.0920. The lowest BCUT2D eigenvalue weighted by atomic mass is 10.1. The number of ether oxygens (including phenoxy) is 1. The van der Waals surface area contributed by atoms with E-state index in [0.717, 1.165) is 24.2 Å². The molecule has 0 spiro atoms. The second kappa shape index (κ2) is 9.01. The molecular weight excluding hydrogens is 310 g/mol. The number of nitrogens with one attached hydrogen (secondary N) is 1. The van der Waals surface area contributed by atoms with Gasteiger partial charge in [0.15, 0.2) is 0 Å². The van der Waals surface area contributed by atoms with E-state index in [0.29, 0.717) is 11.6 Å². The van der Waals surface area contributed by atoms with Crippen LogP contribution in [0.15, 0.2) is 54.6 Å². The molecule has 0 aromatic heterocycles. The van der Waals surface area contributed by atoms with Crippen molar-refractivity contribution in [3.05, 3.63) is 70.8 Å². The average molecular weight is 330 g/mol. The van der Waals surface area contributed by atoms with Gasteiger partial charge in [-0.05, 0) is 54.3 Å². The summed E-state index contributed by atoms with van der Waals surface area (Å²) in [7, 11) is 1.66. The Morgan fingerprint density at radius 3 is 2.74 bits per heavy atom. The van der Waals surface area contributed by atoms with Gasteiger partial charge in [-0.1, -0.05) is 35.9 Å². The number of hydrogen-bond acceptors (Lipinski definition) is 2. The van der Waals surface area contributed by atoms with Gasteiger partial charge in [0, 0.05) is 17.6 Å². The van der Waals surface area contributed by atoms with E-state index >= 15 is 0 Å². The van der Waals surface area contributed by atoms with E-state index in [-0.39, 0.29) is 5.91 Å². The molecule has 0 aliphatic heterocycles. The van der Waals surface area contributed by atoms with Crippen molar-refractivity contribution in [1.29, 1.82) is 0 Å². The van der Waals surface area contributed by atoms with Gasteiger partial charge in [-0.25, -0.2) is 0 Å². The van der Waals surface area contributed by atoms with Gasteiger partial charge in [-0.3, -0.25) is 4.79 Å². The molecule has 0 radical (unpaired) electrons. The Bertz CT molecular complexity index is 665. The van der Waals surface area contributed by atoms with Crippen LogP contribution >= 0.6 is 11.6 Å². The first-order valence-corrected chi connectivity index (χ1v) is 7.89. The number of carbonyl (C=O) groups excluding carboxylic acids is 1. The zero-order valence-corrected chi connectivity index (χ0v) is 13.8. The Morgan fingerprint density at radius 2 is 2.00 bits per heavy atom. The van der Waals surface area contributed by atoms with Crippen molar-refractivity contribution < 1.29 is 9.53 Å². The van der Waals surface area contributed by atoms with Gasteiger partial charge in [0.1, 0.15) is 5.75 Å². The van der Waals surface area contributed by atoms with Gasteiger partial charge in [0.25, 0.3) is 0 Å². The highest BCUT2D eigenvalue weighted by molar-refractivity contribution is 6.30. The van der Waals surface area contributed by atoms with Gasteiger partial charge in [0.05, 0.1) is 7.11 Å². The highest BCUT2D eigenvalue weighted by atomic mass is 35.5. The fourth-order valence-electron chi connectivity index (χ4n) is 2.14. The summed E-state index contributed by atoms with van der Waals surface area (Å²) in [5.41, 5.74) is 2.15. The lowest BCUT2D eigenvalue weighted by molar-refractivity contribution is -0.116. The summed E-state index contributed by atoms with van der Waals surface area (Å²) in [4.78, 5) is 11.8. The third-order valence-corrected chi connectivity index (χ3v) is 3.62. The fraction of sp³-hybridized carbons (Fsp3) is 0.211. The quantitative estimate of drug-likeness (QED) is 0.613. The largest absolute Gasteiger partial charge is 0.497 e. The van der Waals surface area contributed by atoms with Crippen LogP contribution in [-0.2, 0) is 11.2 Å². The maximum atomic E-state index is 11.8. The molecule has 0 aliphatic carbocycles. The lowest BCUT2D eigenvalue weighted by Gasteiger charge is -2.05. The zero-order valence-electron chi connectivity index (χ0n) is 13.1. The van der Waals surface area contributed by atoms with Gasteiger partial charge < -0.3 is 10.1 Å². The Labute approximate surface area is 141 Å². The highest BCUT2D eigenvalue weighted by Gasteiger charge is 1.98. The summed E-state index contributed by atoms with van der Waals surface area (Å²) in [6.07, 6.45) is 5.09. The van der Waals surface area contributed by atoms with E-state index in [1.54, 1.807) is 25.3 Å². The minimum Gasteiger partial charge on any atom is -0.497 e. The van der Waals surface area contributed by atoms with Crippen molar-refractivity contribution in [2.75, 3.05) is 13.7 Å². The molecule has 0 bridgehead atoms. The summed E-state index contributed by atoms with van der Waals surface area (Å²) in [6, 6.07) is 15.3. The molecular formula is C19H20ClNO2. The van der Waals surface area contributed by atoms with Gasteiger partial charge in [0.2, 0.25) is 5.91 Å². The van der Waals surface area contributed by atoms with Gasteiger partial charge in [-0.2, -0.15) is 0 Å². The van der Waals surface area contributed by atoms with Crippen LogP contribution in [-0.4, -0.2) is 19.6 Å². The second-order valence-corrected chi connectivity index (χ2v) is 5.57. The first-order chi connectivity index (χ1) is 11.2. The molecule has 2 rings (SSSR count). The molecule has 120 valence electrons. The SMILES string of the molecule is COc1cccc(CCCNC(=O)/C=C/c2ccc(Cl)cc2)c1. The first kappa shape index (κ1) is 17.1. The van der Waals surface area contributed by atoms with E-state index in [1.807, 2.05) is 30.3 Å². The summed E-state index contributed by atoms with van der Waals surface area (Å²) in [5.74, 6) is 0.767. The van der Waals surface area contributed by atoms with Crippen LogP contribution in [0, 0.1) is 0 Å². The van der Waals surface area contributed by atoms with Crippen molar-refractivity contribution in [1.82, 2.24) is 5.32 Å². The normalized spacial score (nSPS) is 10.7. The summed E-state index contributed by atoms with van der Waals surface area (Å²) in [5, 5.41) is 3.56. The molecule has 0 aliphatic rings. The summed E-state index contributed by atoms with van der Waals surface area (Å²) < 4.78 is 5.19. The van der Waals surface area contributed by atoms with Gasteiger partial charge >= 0.3 is 0 Å². The highest BCUT2D eigenvalue weighted by Crippen LogP contribution is 2.13. The predicted octanol–water partition coefficient (Wildman–Crippen LogP) is 4.11. The van der Waals surface area contributed by atoms with Crippen molar-refractivity contribution in [3.8, 4) is 5.75 Å². The van der Waals surface area contributed by atoms with Gasteiger partial charge in [-0.15, -0.1) is 0 Å². The number of benzene rings is 2. The number of rotatable bonds is 7. The van der Waals surface area contributed by atoms with Crippen LogP contribution in [0.3, 0.4) is 0 Å². The van der Waals surface area contributed by atoms with E-state index < -0.39 is 0 Å². The average Bonchev–Trinajstić information content (AvgIpc) is 2.58. The maximum Gasteiger partial charge on any atom is 0.243 e. The molecule has 0 saturated carbocycles. The topological polar surface area (TPSA) is 38.3 Å². The zero-order chi connectivity index (χ0) is 16.5. The number of amides is 1. The molecule has 2 aromatic carbocycles. The lowest BCUT2D eigenvalue weighted by Crippen LogP contribution is -2.22. The van der Waals surface area contributed by atoms with Crippen molar-refractivity contribution in [3.63, 3.8) is 0 Å². The summed E-state index contributed by atoms with van der Waals surface area (Å²) >= 11 is 5.82. The maximum absolute atomic E-state index is 11.8. The number of aryl methyl sites for hydroxylation is 1. The van der Waals surface area contributed by atoms with E-state index in [1.165, 1.54) is 11.6 Å². The Balaban J connectivity index is 1.71. The van der Waals surface area contributed by atoms with Crippen LogP contribution in [0.5, 0.6) is 5.75 Å². The fourth-order valence-corrected chi connectivity index (χ4v) is 2.26. The van der Waals surface area contributed by atoms with E-state index in [9.17, 15) is 4.79 Å².